The van der Waals surface area contributed by atoms with Crippen molar-refractivity contribution in [2.24, 2.45) is 0 Å². The molecule has 2 aliphatic rings. The Balaban J connectivity index is 1.33. The van der Waals surface area contributed by atoms with Gasteiger partial charge in [-0.15, -0.1) is 0 Å². The van der Waals surface area contributed by atoms with Crippen molar-refractivity contribution >= 4 is 21.6 Å². The number of fused-ring (bicyclic) bond motifs is 2. The van der Waals surface area contributed by atoms with Gasteiger partial charge in [-0.05, 0) is 57.9 Å². The molecule has 0 spiro atoms. The van der Waals surface area contributed by atoms with Gasteiger partial charge in [0, 0.05) is 51.3 Å². The van der Waals surface area contributed by atoms with Gasteiger partial charge in [-0.3, -0.25) is 14.3 Å². The van der Waals surface area contributed by atoms with Gasteiger partial charge in [0.1, 0.15) is 5.65 Å². The summed E-state index contributed by atoms with van der Waals surface area (Å²) in [6.07, 6.45) is 9.11. The summed E-state index contributed by atoms with van der Waals surface area (Å²) in [4.78, 5) is 18.7. The molecule has 4 heterocycles. The average molecular weight is 484 g/mol. The van der Waals surface area contributed by atoms with Gasteiger partial charge in [-0.25, -0.2) is 18.4 Å². The molecule has 0 radical (unpaired) electrons. The number of rotatable bonds is 6. The minimum Gasteiger partial charge on any atom is -0.339 e. The minimum atomic E-state index is -3.23. The molecule has 0 N–H and O–H groups in total. The Morgan fingerprint density at radius 2 is 1.91 bits per heavy atom. The molecule has 182 valence electrons. The smallest absolute Gasteiger partial charge is 0.216 e. The Hall–Kier alpha value is -2.56. The number of pyridine rings is 1. The minimum absolute atomic E-state index is 0.295. The van der Waals surface area contributed by atoms with Crippen LogP contribution in [0.5, 0.6) is 0 Å². The van der Waals surface area contributed by atoms with Crippen LogP contribution in [0.25, 0.3) is 5.65 Å². The van der Waals surface area contributed by atoms with Crippen LogP contribution in [0.2, 0.25) is 0 Å². The van der Waals surface area contributed by atoms with Gasteiger partial charge < -0.3 is 4.90 Å². The van der Waals surface area contributed by atoms with E-state index in [1.807, 2.05) is 22.7 Å². The van der Waals surface area contributed by atoms with Crippen LogP contribution < -0.4 is 4.90 Å². The monoisotopic (exact) mass is 483 g/mol. The molecule has 1 aliphatic heterocycles. The lowest BCUT2D eigenvalue weighted by atomic mass is 9.91. The number of piperazine rings is 1. The molecular weight excluding hydrogens is 450 g/mol. The normalized spacial score (nSPS) is 19.8. The van der Waals surface area contributed by atoms with Gasteiger partial charge in [0.25, 0.3) is 0 Å². The molecule has 1 atom stereocenters. The number of anilines is 1. The summed E-state index contributed by atoms with van der Waals surface area (Å²) >= 11 is 0. The van der Waals surface area contributed by atoms with Crippen molar-refractivity contribution < 1.29 is 8.42 Å². The van der Waals surface area contributed by atoms with E-state index in [-0.39, 0.29) is 0 Å². The first-order valence-corrected chi connectivity index (χ1v) is 13.6. The predicted molar refractivity (Wildman–Crippen MR) is 132 cm³/mol. The van der Waals surface area contributed by atoms with Gasteiger partial charge in [0.05, 0.1) is 22.7 Å². The highest BCUT2D eigenvalue weighted by Crippen LogP contribution is 2.32. The van der Waals surface area contributed by atoms with E-state index in [0.717, 1.165) is 36.7 Å². The average Bonchev–Trinajstić information content (AvgIpc) is 3.26. The molecule has 1 aliphatic carbocycles. The van der Waals surface area contributed by atoms with Gasteiger partial charge in [-0.1, -0.05) is 6.07 Å². The number of sulfonamides is 1. The lowest BCUT2D eigenvalue weighted by Crippen LogP contribution is -2.51. The molecule has 34 heavy (non-hydrogen) atoms. The zero-order valence-electron chi connectivity index (χ0n) is 20.1. The van der Waals surface area contributed by atoms with Crippen molar-refractivity contribution in [2.75, 3.05) is 38.1 Å². The summed E-state index contributed by atoms with van der Waals surface area (Å²) in [6.45, 7) is 6.34. The van der Waals surface area contributed by atoms with Crippen molar-refractivity contribution in [3.05, 3.63) is 53.7 Å². The Kier molecular flexibility index (Phi) is 6.30. The van der Waals surface area contributed by atoms with Crippen molar-refractivity contribution in [2.45, 2.75) is 50.9 Å². The summed E-state index contributed by atoms with van der Waals surface area (Å²) in [5.74, 6) is 0.810. The van der Waals surface area contributed by atoms with Crippen LogP contribution in [0.15, 0.2) is 36.8 Å². The molecule has 1 fully saturated rings. The van der Waals surface area contributed by atoms with E-state index in [9.17, 15) is 8.42 Å². The number of hydrogen-bond acceptors (Lipinski definition) is 7. The molecule has 0 unspecified atom stereocenters. The fourth-order valence-electron chi connectivity index (χ4n) is 5.09. The van der Waals surface area contributed by atoms with Gasteiger partial charge in [0.15, 0.2) is 0 Å². The molecule has 10 heteroatoms. The third kappa shape index (κ3) is 4.30. The molecule has 0 saturated carbocycles. The third-order valence-electron chi connectivity index (χ3n) is 7.00. The molecule has 1 saturated heterocycles. The largest absolute Gasteiger partial charge is 0.339 e. The van der Waals surface area contributed by atoms with Crippen molar-refractivity contribution in [3.63, 3.8) is 0 Å². The number of nitrogens with zero attached hydrogens (tertiary/aromatic N) is 7. The first kappa shape index (κ1) is 23.2. The van der Waals surface area contributed by atoms with Crippen LogP contribution in [0, 0.1) is 0 Å². The van der Waals surface area contributed by atoms with Crippen molar-refractivity contribution in [1.82, 2.24) is 28.6 Å². The zero-order valence-corrected chi connectivity index (χ0v) is 20.9. The van der Waals surface area contributed by atoms with E-state index in [4.69, 9.17) is 4.98 Å². The summed E-state index contributed by atoms with van der Waals surface area (Å²) in [5.41, 5.74) is 4.39. The Morgan fingerprint density at radius 1 is 1.12 bits per heavy atom. The van der Waals surface area contributed by atoms with Gasteiger partial charge in [-0.2, -0.15) is 4.31 Å². The maximum atomic E-state index is 12.5. The molecule has 3 aromatic heterocycles. The van der Waals surface area contributed by atoms with Crippen LogP contribution in [-0.2, 0) is 23.0 Å². The van der Waals surface area contributed by atoms with Gasteiger partial charge in [0.2, 0.25) is 16.0 Å². The second-order valence-electron chi connectivity index (χ2n) is 9.56. The Morgan fingerprint density at radius 3 is 2.68 bits per heavy atom. The predicted octanol–water partition coefficient (Wildman–Crippen LogP) is 2.49. The molecule has 9 nitrogen and oxygen atoms in total. The molecular formula is C24H33N7O2S. The molecule has 0 aromatic carbocycles. The Bertz CT molecular complexity index is 1270. The second-order valence-corrected chi connectivity index (χ2v) is 12.0. The summed E-state index contributed by atoms with van der Waals surface area (Å²) in [5, 5.41) is -0.403. The van der Waals surface area contributed by atoms with Crippen LogP contribution in [0.4, 0.5) is 5.95 Å². The maximum Gasteiger partial charge on any atom is 0.216 e. The van der Waals surface area contributed by atoms with E-state index in [1.54, 1.807) is 24.3 Å². The lowest BCUT2D eigenvalue weighted by Gasteiger charge is -2.35. The highest BCUT2D eigenvalue weighted by molar-refractivity contribution is 7.89. The van der Waals surface area contributed by atoms with Gasteiger partial charge >= 0.3 is 0 Å². The summed E-state index contributed by atoms with van der Waals surface area (Å²) in [6, 6.07) is 6.43. The van der Waals surface area contributed by atoms with Crippen LogP contribution in [0.1, 0.15) is 49.7 Å². The summed E-state index contributed by atoms with van der Waals surface area (Å²) < 4.78 is 28.7. The highest BCUT2D eigenvalue weighted by Gasteiger charge is 2.30. The second kappa shape index (κ2) is 9.24. The summed E-state index contributed by atoms with van der Waals surface area (Å²) in [7, 11) is -1.09. The van der Waals surface area contributed by atoms with E-state index < -0.39 is 15.3 Å². The number of hydrogen-bond donors (Lipinski definition) is 0. The van der Waals surface area contributed by atoms with Crippen LogP contribution in [0.3, 0.4) is 0 Å². The molecule has 0 bridgehead atoms. The van der Waals surface area contributed by atoms with Crippen LogP contribution in [-0.4, -0.2) is 75.5 Å². The third-order valence-corrected chi connectivity index (χ3v) is 9.27. The number of aryl methyl sites for hydroxylation is 1. The zero-order chi connectivity index (χ0) is 23.9. The quantitative estimate of drug-likeness (QED) is 0.532. The van der Waals surface area contributed by atoms with Crippen molar-refractivity contribution in [1.29, 1.82) is 0 Å². The Labute approximate surface area is 201 Å². The fraction of sp³-hybridized carbons (Fsp3) is 0.542. The first-order chi connectivity index (χ1) is 16.3. The lowest BCUT2D eigenvalue weighted by molar-refractivity contribution is 0.206. The molecule has 3 aromatic rings. The fourth-order valence-corrected chi connectivity index (χ4v) is 6.35. The first-order valence-electron chi connectivity index (χ1n) is 12.1. The van der Waals surface area contributed by atoms with E-state index in [2.05, 4.69) is 39.1 Å². The van der Waals surface area contributed by atoms with E-state index >= 15 is 0 Å². The number of aromatic nitrogens is 4. The topological polar surface area (TPSA) is 86.9 Å². The number of imidazole rings is 1. The molecule has 5 rings (SSSR count). The van der Waals surface area contributed by atoms with Crippen LogP contribution >= 0.6 is 0 Å². The SMILES string of the molecule is CC(C)S(=O)(=O)N1CCN(c2nccc3nc(CN(C)[C@H]4CCCc5cccnc54)cn23)CC1. The molecule has 0 amide bonds. The van der Waals surface area contributed by atoms with Crippen molar-refractivity contribution in [3.8, 4) is 0 Å². The highest BCUT2D eigenvalue weighted by atomic mass is 32.2. The van der Waals surface area contributed by atoms with E-state index in [1.165, 1.54) is 17.7 Å². The van der Waals surface area contributed by atoms with E-state index in [0.29, 0.717) is 32.2 Å². The maximum absolute atomic E-state index is 12.5. The standard InChI is InChI=1S/C24H33N7O2S/c1-18(2)34(32,33)30-14-12-29(13-15-30)24-26-11-9-22-27-20(17-31(22)24)16-28(3)21-8-4-6-19-7-5-10-25-23(19)21/h5,7,9-11,17-18,21H,4,6,8,12-16H2,1-3H3/t21-/m0/s1.